The lowest BCUT2D eigenvalue weighted by Gasteiger charge is -2.27. The molecule has 1 aliphatic heterocycles. The summed E-state index contributed by atoms with van der Waals surface area (Å²) in [6, 6.07) is 5.81. The fourth-order valence-corrected chi connectivity index (χ4v) is 5.77. The Morgan fingerprint density at radius 1 is 1.11 bits per heavy atom. The van der Waals surface area contributed by atoms with Gasteiger partial charge in [0.05, 0.1) is 10.8 Å². The molecule has 0 spiro atoms. The smallest absolute Gasteiger partial charge is 0.238 e. The van der Waals surface area contributed by atoms with E-state index in [1.807, 2.05) is 49.9 Å². The molecule has 2 atom stereocenters. The molecule has 4 aromatic rings. The molecule has 2 unspecified atom stereocenters. The highest BCUT2D eigenvalue weighted by atomic mass is 32.2. The lowest BCUT2D eigenvalue weighted by atomic mass is 10.1. The van der Waals surface area contributed by atoms with Crippen molar-refractivity contribution < 1.29 is 13.2 Å². The zero-order valence-electron chi connectivity index (χ0n) is 20.8. The van der Waals surface area contributed by atoms with Crippen LogP contribution in [0.25, 0.3) is 22.3 Å². The summed E-state index contributed by atoms with van der Waals surface area (Å²) >= 11 is 0. The first-order valence-corrected chi connectivity index (χ1v) is 13.5. The van der Waals surface area contributed by atoms with Crippen LogP contribution in [0.1, 0.15) is 50.0 Å². The Morgan fingerprint density at radius 2 is 1.83 bits per heavy atom. The lowest BCUT2D eigenvalue weighted by molar-refractivity contribution is 0.0704. The van der Waals surface area contributed by atoms with Crippen molar-refractivity contribution in [2.45, 2.75) is 50.8 Å². The summed E-state index contributed by atoms with van der Waals surface area (Å²) < 4.78 is 38.9. The summed E-state index contributed by atoms with van der Waals surface area (Å²) in [5.41, 5.74) is 2.60. The number of rotatable bonds is 7. The van der Waals surface area contributed by atoms with Crippen LogP contribution in [-0.4, -0.2) is 61.4 Å². The molecular formula is C24H30N8O3S. The summed E-state index contributed by atoms with van der Waals surface area (Å²) in [6.07, 6.45) is 6.78. The van der Waals surface area contributed by atoms with Crippen molar-refractivity contribution in [2.75, 3.05) is 17.9 Å². The van der Waals surface area contributed by atoms with Crippen molar-refractivity contribution in [3.63, 3.8) is 0 Å². The van der Waals surface area contributed by atoms with Crippen LogP contribution in [0.15, 0.2) is 36.8 Å². The number of sulfonamides is 1. The Hall–Kier alpha value is -3.38. The van der Waals surface area contributed by atoms with Gasteiger partial charge in [0.25, 0.3) is 0 Å². The highest BCUT2D eigenvalue weighted by Crippen LogP contribution is 2.35. The van der Waals surface area contributed by atoms with Gasteiger partial charge < -0.3 is 4.74 Å². The number of anilines is 1. The monoisotopic (exact) mass is 510 g/mol. The topological polar surface area (TPSA) is 130 Å². The fourth-order valence-electron chi connectivity index (χ4n) is 4.53. The maximum absolute atomic E-state index is 13.5. The number of nitrogens with zero attached hydrogens (tertiary/aromatic N) is 7. The minimum absolute atomic E-state index is 0.0125. The third kappa shape index (κ3) is 4.58. The van der Waals surface area contributed by atoms with E-state index < -0.39 is 21.2 Å². The minimum Gasteiger partial charge on any atom is -0.381 e. The molecule has 1 aromatic carbocycles. The Labute approximate surface area is 210 Å². The molecule has 190 valence electrons. The normalized spacial score (nSPS) is 16.8. The van der Waals surface area contributed by atoms with Crippen molar-refractivity contribution in [3.05, 3.63) is 48.2 Å². The second-order valence-electron chi connectivity index (χ2n) is 9.36. The number of ether oxygens (including phenoxy) is 1. The standard InChI is InChI=1S/C24H30N8O3S/c1-15-12-25-22(26-13-15)16(2)17(3)36(33,34)30-24-28-27-23(32(24)18-8-10-35-11-9-18)19-6-5-7-21-20(19)14-31(4)29-21/h5-7,12-14,16-18H,8-11H2,1-4H3,(H,28,30). The first kappa shape index (κ1) is 24.3. The van der Waals surface area contributed by atoms with Gasteiger partial charge in [-0.1, -0.05) is 19.1 Å². The first-order chi connectivity index (χ1) is 17.2. The van der Waals surface area contributed by atoms with Gasteiger partial charge >= 0.3 is 0 Å². The zero-order chi connectivity index (χ0) is 25.4. The average Bonchev–Trinajstić information content (AvgIpc) is 3.46. The lowest BCUT2D eigenvalue weighted by Crippen LogP contribution is -2.32. The minimum atomic E-state index is -3.84. The molecule has 1 saturated heterocycles. The molecule has 1 N–H and O–H groups in total. The second-order valence-corrected chi connectivity index (χ2v) is 11.4. The summed E-state index contributed by atoms with van der Waals surface area (Å²) in [4.78, 5) is 8.65. The molecular weight excluding hydrogens is 480 g/mol. The number of hydrogen-bond donors (Lipinski definition) is 1. The third-order valence-corrected chi connectivity index (χ3v) is 8.65. The van der Waals surface area contributed by atoms with Gasteiger partial charge in [0, 0.05) is 61.8 Å². The largest absolute Gasteiger partial charge is 0.381 e. The van der Waals surface area contributed by atoms with Crippen LogP contribution in [0.4, 0.5) is 5.95 Å². The molecule has 0 bridgehead atoms. The number of aromatic nitrogens is 7. The molecule has 11 nitrogen and oxygen atoms in total. The molecule has 3 aromatic heterocycles. The number of hydrogen-bond acceptors (Lipinski definition) is 8. The predicted octanol–water partition coefficient (Wildman–Crippen LogP) is 3.22. The second kappa shape index (κ2) is 9.58. The van der Waals surface area contributed by atoms with Crippen molar-refractivity contribution in [1.82, 2.24) is 34.5 Å². The number of aryl methyl sites for hydroxylation is 2. The molecule has 0 amide bonds. The van der Waals surface area contributed by atoms with Gasteiger partial charge in [-0.25, -0.2) is 18.4 Å². The van der Waals surface area contributed by atoms with Crippen molar-refractivity contribution in [3.8, 4) is 11.4 Å². The Balaban J connectivity index is 1.53. The maximum Gasteiger partial charge on any atom is 0.238 e. The molecule has 0 aliphatic carbocycles. The molecule has 36 heavy (non-hydrogen) atoms. The Bertz CT molecular complexity index is 1470. The van der Waals surface area contributed by atoms with Crippen LogP contribution >= 0.6 is 0 Å². The molecule has 1 aliphatic rings. The predicted molar refractivity (Wildman–Crippen MR) is 136 cm³/mol. The average molecular weight is 511 g/mol. The van der Waals surface area contributed by atoms with Crippen LogP contribution in [0, 0.1) is 6.92 Å². The SMILES string of the molecule is Cc1cnc(C(C)C(C)S(=O)(=O)Nc2nnc(-c3cccc4nn(C)cc34)n2C2CCOCC2)nc1. The van der Waals surface area contributed by atoms with Crippen molar-refractivity contribution >= 4 is 26.9 Å². The van der Waals surface area contributed by atoms with Crippen molar-refractivity contribution in [1.29, 1.82) is 0 Å². The summed E-state index contributed by atoms with van der Waals surface area (Å²) in [5, 5.41) is 13.4. The van der Waals surface area contributed by atoms with Crippen LogP contribution in [0.5, 0.6) is 0 Å². The van der Waals surface area contributed by atoms with E-state index in [-0.39, 0.29) is 12.0 Å². The summed E-state index contributed by atoms with van der Waals surface area (Å²) in [7, 11) is -1.97. The molecule has 1 fully saturated rings. The highest BCUT2D eigenvalue weighted by molar-refractivity contribution is 7.93. The number of nitrogens with one attached hydrogen (secondary N) is 1. The van der Waals surface area contributed by atoms with Crippen molar-refractivity contribution in [2.24, 2.45) is 7.05 Å². The molecule has 5 rings (SSSR count). The van der Waals surface area contributed by atoms with Gasteiger partial charge in [-0.3, -0.25) is 14.0 Å². The number of fused-ring (bicyclic) bond motifs is 1. The van der Waals surface area contributed by atoms with E-state index in [2.05, 4.69) is 30.0 Å². The highest BCUT2D eigenvalue weighted by Gasteiger charge is 2.33. The fraction of sp³-hybridized carbons (Fsp3) is 0.458. The van der Waals surface area contributed by atoms with E-state index in [0.717, 1.165) is 34.9 Å². The van der Waals surface area contributed by atoms with E-state index in [9.17, 15) is 8.42 Å². The van der Waals surface area contributed by atoms with E-state index in [4.69, 9.17) is 4.74 Å². The molecule has 12 heteroatoms. The summed E-state index contributed by atoms with van der Waals surface area (Å²) in [6.45, 7) is 6.53. The van der Waals surface area contributed by atoms with Gasteiger partial charge in [-0.15, -0.1) is 10.2 Å². The Morgan fingerprint density at radius 3 is 2.56 bits per heavy atom. The summed E-state index contributed by atoms with van der Waals surface area (Å²) in [5.74, 6) is 0.849. The molecule has 0 saturated carbocycles. The van der Waals surface area contributed by atoms with Gasteiger partial charge in [0.1, 0.15) is 5.82 Å². The first-order valence-electron chi connectivity index (χ1n) is 12.0. The van der Waals surface area contributed by atoms with Gasteiger partial charge in [0.2, 0.25) is 16.0 Å². The molecule has 0 radical (unpaired) electrons. The van der Waals surface area contributed by atoms with Gasteiger partial charge in [0.15, 0.2) is 5.82 Å². The van der Waals surface area contributed by atoms with Crippen LogP contribution in [0.3, 0.4) is 0 Å². The van der Waals surface area contributed by atoms with E-state index in [0.29, 0.717) is 24.9 Å². The maximum atomic E-state index is 13.5. The van der Waals surface area contributed by atoms with Crippen LogP contribution in [0.2, 0.25) is 0 Å². The zero-order valence-corrected chi connectivity index (χ0v) is 21.6. The van der Waals surface area contributed by atoms with E-state index in [1.54, 1.807) is 24.0 Å². The van der Waals surface area contributed by atoms with E-state index >= 15 is 0 Å². The van der Waals surface area contributed by atoms with Crippen LogP contribution in [-0.2, 0) is 21.8 Å². The molecule has 4 heterocycles. The third-order valence-electron chi connectivity index (χ3n) is 6.79. The quantitative estimate of drug-likeness (QED) is 0.401. The van der Waals surface area contributed by atoms with Crippen LogP contribution < -0.4 is 4.72 Å². The van der Waals surface area contributed by atoms with Gasteiger partial charge in [-0.05, 0) is 38.3 Å². The number of benzene rings is 1. The van der Waals surface area contributed by atoms with E-state index in [1.165, 1.54) is 0 Å². The Kier molecular flexibility index (Phi) is 6.47. The van der Waals surface area contributed by atoms with Gasteiger partial charge in [-0.2, -0.15) is 5.10 Å².